The Kier molecular flexibility index (Phi) is 4.68. The lowest BCUT2D eigenvalue weighted by Crippen LogP contribution is -2.49. The van der Waals surface area contributed by atoms with Crippen molar-refractivity contribution >= 4 is 11.8 Å². The largest absolute Gasteiger partial charge is 0.370 e. The van der Waals surface area contributed by atoms with E-state index in [-0.39, 0.29) is 17.6 Å². The van der Waals surface area contributed by atoms with Gasteiger partial charge < -0.3 is 10.6 Å². The predicted molar refractivity (Wildman–Crippen MR) is 72.6 cm³/mol. The molecule has 1 aromatic carbocycles. The lowest BCUT2D eigenvalue weighted by molar-refractivity contribution is -0.118. The number of carbonyl (C=O) groups is 2. The van der Waals surface area contributed by atoms with Gasteiger partial charge in [0, 0.05) is 44.7 Å². The van der Waals surface area contributed by atoms with Crippen LogP contribution >= 0.6 is 0 Å². The fourth-order valence-electron chi connectivity index (χ4n) is 2.22. The summed E-state index contributed by atoms with van der Waals surface area (Å²) >= 11 is 0. The highest BCUT2D eigenvalue weighted by Gasteiger charge is 2.22. The minimum atomic E-state index is -0.349. The molecule has 0 aliphatic carbocycles. The summed E-state index contributed by atoms with van der Waals surface area (Å²) in [5.41, 5.74) is 5.61. The highest BCUT2D eigenvalue weighted by molar-refractivity contribution is 5.94. The predicted octanol–water partition coefficient (Wildman–Crippen LogP) is 0.459. The molecule has 0 spiro atoms. The summed E-state index contributed by atoms with van der Waals surface area (Å²) in [5, 5.41) is 0. The summed E-state index contributed by atoms with van der Waals surface area (Å²) < 4.78 is 12.8. The number of benzene rings is 1. The van der Waals surface area contributed by atoms with Crippen molar-refractivity contribution in [1.29, 1.82) is 0 Å². The molecule has 20 heavy (non-hydrogen) atoms. The Morgan fingerprint density at radius 1 is 1.10 bits per heavy atom. The lowest BCUT2D eigenvalue weighted by atomic mass is 10.1. The van der Waals surface area contributed by atoms with Gasteiger partial charge in [0.25, 0.3) is 5.91 Å². The van der Waals surface area contributed by atoms with E-state index < -0.39 is 0 Å². The second-order valence-electron chi connectivity index (χ2n) is 4.86. The van der Waals surface area contributed by atoms with Crippen LogP contribution in [-0.4, -0.2) is 54.3 Å². The van der Waals surface area contributed by atoms with Crippen LogP contribution in [0.1, 0.15) is 16.8 Å². The molecule has 1 fully saturated rings. The first kappa shape index (κ1) is 14.5. The Bertz CT molecular complexity index is 482. The summed E-state index contributed by atoms with van der Waals surface area (Å²) in [6.07, 6.45) is 0.339. The van der Waals surface area contributed by atoms with Gasteiger partial charge in [-0.25, -0.2) is 4.39 Å². The molecule has 1 heterocycles. The molecule has 5 nitrogen and oxygen atoms in total. The molecule has 1 aromatic rings. The van der Waals surface area contributed by atoms with Crippen LogP contribution in [0.25, 0.3) is 0 Å². The molecule has 0 bridgehead atoms. The molecule has 2 N–H and O–H groups in total. The van der Waals surface area contributed by atoms with Crippen molar-refractivity contribution in [2.75, 3.05) is 32.7 Å². The smallest absolute Gasteiger partial charge is 0.253 e. The molecule has 1 saturated heterocycles. The maximum Gasteiger partial charge on any atom is 0.253 e. The van der Waals surface area contributed by atoms with Gasteiger partial charge in [0.1, 0.15) is 5.82 Å². The van der Waals surface area contributed by atoms with Crippen LogP contribution in [0.2, 0.25) is 0 Å². The maximum absolute atomic E-state index is 12.8. The van der Waals surface area contributed by atoms with Gasteiger partial charge in [-0.3, -0.25) is 14.5 Å². The molecule has 0 unspecified atom stereocenters. The first-order valence-corrected chi connectivity index (χ1v) is 6.62. The molecule has 1 aliphatic rings. The Labute approximate surface area is 117 Å². The van der Waals surface area contributed by atoms with E-state index in [9.17, 15) is 14.0 Å². The average Bonchev–Trinajstić information content (AvgIpc) is 2.46. The number of nitrogens with zero attached hydrogens (tertiary/aromatic N) is 2. The van der Waals surface area contributed by atoms with Gasteiger partial charge in [0.05, 0.1) is 0 Å². The second kappa shape index (κ2) is 6.47. The Hall–Kier alpha value is -1.95. The molecule has 0 radical (unpaired) electrons. The lowest BCUT2D eigenvalue weighted by Gasteiger charge is -2.34. The van der Waals surface area contributed by atoms with Crippen molar-refractivity contribution in [1.82, 2.24) is 9.80 Å². The molecule has 1 aliphatic heterocycles. The number of piperazine rings is 1. The Morgan fingerprint density at radius 3 is 2.25 bits per heavy atom. The zero-order valence-corrected chi connectivity index (χ0v) is 11.2. The third-order valence-electron chi connectivity index (χ3n) is 3.43. The number of carbonyl (C=O) groups excluding carboxylic acids is 2. The minimum Gasteiger partial charge on any atom is -0.370 e. The molecule has 0 aromatic heterocycles. The Morgan fingerprint density at radius 2 is 1.70 bits per heavy atom. The van der Waals surface area contributed by atoms with Gasteiger partial charge in [-0.1, -0.05) is 0 Å². The van der Waals surface area contributed by atoms with E-state index in [0.717, 1.165) is 13.1 Å². The molecule has 6 heteroatoms. The minimum absolute atomic E-state index is 0.0837. The van der Waals surface area contributed by atoms with E-state index in [1.54, 1.807) is 4.90 Å². The highest BCUT2D eigenvalue weighted by atomic mass is 19.1. The fraction of sp³-hybridized carbons (Fsp3) is 0.429. The van der Waals surface area contributed by atoms with Gasteiger partial charge in [-0.05, 0) is 24.3 Å². The first-order valence-electron chi connectivity index (χ1n) is 6.62. The third-order valence-corrected chi connectivity index (χ3v) is 3.43. The van der Waals surface area contributed by atoms with Crippen molar-refractivity contribution in [3.63, 3.8) is 0 Å². The van der Waals surface area contributed by atoms with Crippen LogP contribution < -0.4 is 5.73 Å². The van der Waals surface area contributed by atoms with E-state index in [0.29, 0.717) is 31.6 Å². The number of halogens is 1. The standard InChI is InChI=1S/C14H18FN3O2/c15-12-3-1-11(2-4-12)14(20)18-9-7-17(8-10-18)6-5-13(16)19/h1-4H,5-10H2,(H2,16,19). The number of nitrogens with two attached hydrogens (primary N) is 1. The van der Waals surface area contributed by atoms with Crippen LogP contribution in [0.5, 0.6) is 0 Å². The van der Waals surface area contributed by atoms with Crippen LogP contribution in [-0.2, 0) is 4.79 Å². The summed E-state index contributed by atoms with van der Waals surface area (Å²) in [6, 6.07) is 5.57. The normalized spacial score (nSPS) is 16.1. The van der Waals surface area contributed by atoms with Gasteiger partial charge >= 0.3 is 0 Å². The van der Waals surface area contributed by atoms with Crippen molar-refractivity contribution in [3.05, 3.63) is 35.6 Å². The molecular formula is C14H18FN3O2. The van der Waals surface area contributed by atoms with Gasteiger partial charge in [0.15, 0.2) is 0 Å². The molecule has 2 rings (SSSR count). The van der Waals surface area contributed by atoms with Crippen LogP contribution in [0.4, 0.5) is 4.39 Å². The van der Waals surface area contributed by atoms with Crippen molar-refractivity contribution in [3.8, 4) is 0 Å². The van der Waals surface area contributed by atoms with Crippen LogP contribution in [0, 0.1) is 5.82 Å². The van der Waals surface area contributed by atoms with E-state index in [2.05, 4.69) is 4.90 Å². The Balaban J connectivity index is 1.85. The average molecular weight is 279 g/mol. The zero-order valence-electron chi connectivity index (χ0n) is 11.2. The van der Waals surface area contributed by atoms with Crippen LogP contribution in [0.15, 0.2) is 24.3 Å². The number of amides is 2. The summed E-state index contributed by atoms with van der Waals surface area (Å²) in [4.78, 5) is 26.8. The van der Waals surface area contributed by atoms with E-state index in [1.807, 2.05) is 0 Å². The van der Waals surface area contributed by atoms with Gasteiger partial charge in [-0.15, -0.1) is 0 Å². The van der Waals surface area contributed by atoms with Crippen molar-refractivity contribution < 1.29 is 14.0 Å². The molecule has 0 saturated carbocycles. The number of rotatable bonds is 4. The monoisotopic (exact) mass is 279 g/mol. The number of hydrogen-bond donors (Lipinski definition) is 1. The number of hydrogen-bond acceptors (Lipinski definition) is 3. The first-order chi connectivity index (χ1) is 9.56. The third kappa shape index (κ3) is 3.77. The van der Waals surface area contributed by atoms with E-state index in [4.69, 9.17) is 5.73 Å². The summed E-state index contributed by atoms with van der Waals surface area (Å²) in [7, 11) is 0. The van der Waals surface area contributed by atoms with E-state index >= 15 is 0 Å². The molecule has 108 valence electrons. The SMILES string of the molecule is NC(=O)CCN1CCN(C(=O)c2ccc(F)cc2)CC1. The highest BCUT2D eigenvalue weighted by Crippen LogP contribution is 2.10. The molecule has 0 atom stereocenters. The summed E-state index contributed by atoms with van der Waals surface area (Å²) in [6.45, 7) is 3.29. The van der Waals surface area contributed by atoms with Crippen molar-refractivity contribution in [2.45, 2.75) is 6.42 Å². The number of primary amides is 1. The van der Waals surface area contributed by atoms with Crippen LogP contribution in [0.3, 0.4) is 0 Å². The van der Waals surface area contributed by atoms with E-state index in [1.165, 1.54) is 24.3 Å². The maximum atomic E-state index is 12.8. The van der Waals surface area contributed by atoms with Crippen molar-refractivity contribution in [2.24, 2.45) is 5.73 Å². The zero-order chi connectivity index (χ0) is 14.5. The summed E-state index contributed by atoms with van der Waals surface area (Å²) in [5.74, 6) is -0.743. The second-order valence-corrected chi connectivity index (χ2v) is 4.86. The molecular weight excluding hydrogens is 261 g/mol. The topological polar surface area (TPSA) is 66.6 Å². The van der Waals surface area contributed by atoms with Gasteiger partial charge in [0.2, 0.25) is 5.91 Å². The molecule has 2 amide bonds. The quantitative estimate of drug-likeness (QED) is 0.870. The van der Waals surface area contributed by atoms with Gasteiger partial charge in [-0.2, -0.15) is 0 Å². The fourth-order valence-corrected chi connectivity index (χ4v) is 2.22.